The van der Waals surface area contributed by atoms with Gasteiger partial charge in [-0.1, -0.05) is 12.1 Å². The van der Waals surface area contributed by atoms with Gasteiger partial charge in [0, 0.05) is 6.20 Å². The van der Waals surface area contributed by atoms with Crippen LogP contribution in [0.1, 0.15) is 5.69 Å². The lowest BCUT2D eigenvalue weighted by Gasteiger charge is -2.04. The molecular formula is C16H11FN4O. The topological polar surface area (TPSA) is 63.6 Å². The molecular weight excluding hydrogens is 283 g/mol. The molecule has 5 nitrogen and oxygen atoms in total. The first kappa shape index (κ1) is 12.7. The number of halogens is 1. The van der Waals surface area contributed by atoms with E-state index in [1.165, 1.54) is 6.07 Å². The molecule has 6 heteroatoms. The Labute approximate surface area is 124 Å². The second kappa shape index (κ2) is 4.49. The smallest absolute Gasteiger partial charge is 0.203 e. The number of nitrogens with one attached hydrogen (secondary N) is 1. The van der Waals surface area contributed by atoms with Crippen molar-refractivity contribution in [2.24, 2.45) is 0 Å². The highest BCUT2D eigenvalue weighted by atomic mass is 19.1. The minimum absolute atomic E-state index is 0.0543. The summed E-state index contributed by atoms with van der Waals surface area (Å²) in [7, 11) is 0. The van der Waals surface area contributed by atoms with E-state index in [0.717, 1.165) is 0 Å². The number of hydrogen-bond acceptors (Lipinski definition) is 3. The van der Waals surface area contributed by atoms with Gasteiger partial charge in [-0.15, -0.1) is 0 Å². The molecule has 3 heterocycles. The summed E-state index contributed by atoms with van der Waals surface area (Å²) in [6.07, 6.45) is 1.65. The summed E-state index contributed by atoms with van der Waals surface area (Å²) < 4.78 is 15.5. The van der Waals surface area contributed by atoms with Crippen molar-refractivity contribution in [2.45, 2.75) is 6.92 Å². The van der Waals surface area contributed by atoms with Crippen LogP contribution in [0.2, 0.25) is 0 Å². The fraction of sp³-hybridized carbons (Fsp3) is 0.0625. The number of aromatic nitrogens is 4. The number of aromatic amines is 1. The number of rotatable bonds is 1. The molecule has 0 unspecified atom stereocenters. The summed E-state index contributed by atoms with van der Waals surface area (Å²) >= 11 is 0. The molecule has 1 N–H and O–H groups in total. The van der Waals surface area contributed by atoms with Crippen molar-refractivity contribution in [1.82, 2.24) is 19.7 Å². The fourth-order valence-electron chi connectivity index (χ4n) is 2.67. The summed E-state index contributed by atoms with van der Waals surface area (Å²) in [6.45, 7) is 1.73. The third-order valence-corrected chi connectivity index (χ3v) is 3.65. The molecule has 108 valence electrons. The van der Waals surface area contributed by atoms with Crippen LogP contribution in [0.25, 0.3) is 27.8 Å². The average molecular weight is 294 g/mol. The van der Waals surface area contributed by atoms with E-state index in [0.29, 0.717) is 28.1 Å². The lowest BCUT2D eigenvalue weighted by molar-refractivity contribution is 0.639. The number of nitrogens with zero attached hydrogens (tertiary/aromatic N) is 3. The van der Waals surface area contributed by atoms with Crippen LogP contribution in [0.15, 0.2) is 47.4 Å². The van der Waals surface area contributed by atoms with Gasteiger partial charge >= 0.3 is 0 Å². The van der Waals surface area contributed by atoms with E-state index < -0.39 is 5.82 Å². The molecule has 0 aliphatic carbocycles. The largest absolute Gasteiger partial charge is 0.339 e. The van der Waals surface area contributed by atoms with Gasteiger partial charge in [-0.05, 0) is 31.2 Å². The maximum Gasteiger partial charge on any atom is 0.203 e. The van der Waals surface area contributed by atoms with E-state index in [1.54, 1.807) is 42.1 Å². The first-order valence-electron chi connectivity index (χ1n) is 6.78. The standard InChI is InChI=1S/C16H11FN4O/c1-9-13-15(22)14-10(17)5-4-6-11(14)19-16(13)21(20-9)12-7-2-3-8-18-12/h2-8H,1H3,(H,19,22). The molecule has 22 heavy (non-hydrogen) atoms. The van der Waals surface area contributed by atoms with Gasteiger partial charge in [0.1, 0.15) is 11.5 Å². The van der Waals surface area contributed by atoms with Gasteiger partial charge in [0.25, 0.3) is 0 Å². The van der Waals surface area contributed by atoms with Crippen molar-refractivity contribution >= 4 is 21.9 Å². The van der Waals surface area contributed by atoms with Crippen molar-refractivity contribution < 1.29 is 4.39 Å². The Morgan fingerprint density at radius 2 is 2.00 bits per heavy atom. The zero-order chi connectivity index (χ0) is 15.3. The lowest BCUT2D eigenvalue weighted by atomic mass is 10.1. The number of aryl methyl sites for hydroxylation is 1. The van der Waals surface area contributed by atoms with Crippen LogP contribution < -0.4 is 5.43 Å². The van der Waals surface area contributed by atoms with Gasteiger partial charge in [0.05, 0.1) is 22.0 Å². The first-order chi connectivity index (χ1) is 10.7. The molecule has 0 saturated heterocycles. The maximum absolute atomic E-state index is 14.0. The third-order valence-electron chi connectivity index (χ3n) is 3.65. The summed E-state index contributed by atoms with van der Waals surface area (Å²) in [4.78, 5) is 20.0. The van der Waals surface area contributed by atoms with Crippen LogP contribution in [0.3, 0.4) is 0 Å². The van der Waals surface area contributed by atoms with Crippen LogP contribution in [0.5, 0.6) is 0 Å². The van der Waals surface area contributed by atoms with Crippen LogP contribution in [-0.4, -0.2) is 19.7 Å². The van der Waals surface area contributed by atoms with E-state index in [4.69, 9.17) is 0 Å². The van der Waals surface area contributed by atoms with E-state index >= 15 is 0 Å². The Kier molecular flexibility index (Phi) is 2.59. The van der Waals surface area contributed by atoms with Crippen molar-refractivity contribution in [3.05, 3.63) is 64.3 Å². The number of H-pyrrole nitrogens is 1. The maximum atomic E-state index is 14.0. The summed E-state index contributed by atoms with van der Waals surface area (Å²) in [6, 6.07) is 9.94. The Bertz CT molecular complexity index is 1070. The van der Waals surface area contributed by atoms with Gasteiger partial charge in [-0.25, -0.2) is 9.37 Å². The van der Waals surface area contributed by atoms with Crippen molar-refractivity contribution in [3.8, 4) is 5.82 Å². The van der Waals surface area contributed by atoms with Crippen LogP contribution in [0, 0.1) is 12.7 Å². The highest BCUT2D eigenvalue weighted by molar-refractivity contribution is 5.93. The predicted octanol–water partition coefficient (Wildman–Crippen LogP) is 2.71. The molecule has 4 aromatic rings. The molecule has 0 fully saturated rings. The molecule has 0 aliphatic heterocycles. The zero-order valence-electron chi connectivity index (χ0n) is 11.7. The Morgan fingerprint density at radius 3 is 2.77 bits per heavy atom. The highest BCUT2D eigenvalue weighted by Crippen LogP contribution is 2.21. The quantitative estimate of drug-likeness (QED) is 0.587. The SMILES string of the molecule is Cc1nn(-c2ccccn2)c2[nH]c3cccc(F)c3c(=O)c12. The first-order valence-corrected chi connectivity index (χ1v) is 6.78. The number of pyridine rings is 2. The molecule has 0 spiro atoms. The van der Waals surface area contributed by atoms with Crippen molar-refractivity contribution in [2.75, 3.05) is 0 Å². The monoisotopic (exact) mass is 294 g/mol. The Hall–Kier alpha value is -3.02. The molecule has 0 radical (unpaired) electrons. The minimum atomic E-state index is -0.536. The van der Waals surface area contributed by atoms with Gasteiger partial charge in [-0.3, -0.25) is 4.79 Å². The highest BCUT2D eigenvalue weighted by Gasteiger charge is 2.17. The molecule has 0 amide bonds. The predicted molar refractivity (Wildman–Crippen MR) is 81.7 cm³/mol. The second-order valence-electron chi connectivity index (χ2n) is 5.03. The van der Waals surface area contributed by atoms with Crippen molar-refractivity contribution in [1.29, 1.82) is 0 Å². The molecule has 1 aromatic carbocycles. The van der Waals surface area contributed by atoms with Gasteiger partial charge in [-0.2, -0.15) is 9.78 Å². The summed E-state index contributed by atoms with van der Waals surface area (Å²) in [5, 5.41) is 4.81. The fourth-order valence-corrected chi connectivity index (χ4v) is 2.67. The van der Waals surface area contributed by atoms with Crippen LogP contribution in [0.4, 0.5) is 4.39 Å². The number of benzene rings is 1. The second-order valence-corrected chi connectivity index (χ2v) is 5.03. The lowest BCUT2D eigenvalue weighted by Crippen LogP contribution is -2.07. The van der Waals surface area contributed by atoms with E-state index in [-0.39, 0.29) is 10.8 Å². The molecule has 0 bridgehead atoms. The molecule has 3 aromatic heterocycles. The van der Waals surface area contributed by atoms with Crippen LogP contribution >= 0.6 is 0 Å². The van der Waals surface area contributed by atoms with Gasteiger partial charge in [0.15, 0.2) is 5.82 Å². The van der Waals surface area contributed by atoms with Crippen LogP contribution in [-0.2, 0) is 0 Å². The molecule has 0 saturated carbocycles. The van der Waals surface area contributed by atoms with Gasteiger partial charge < -0.3 is 4.98 Å². The summed E-state index contributed by atoms with van der Waals surface area (Å²) in [5.41, 5.74) is 1.13. The minimum Gasteiger partial charge on any atom is -0.339 e. The third kappa shape index (κ3) is 1.67. The van der Waals surface area contributed by atoms with Crippen molar-refractivity contribution in [3.63, 3.8) is 0 Å². The molecule has 0 atom stereocenters. The molecule has 4 rings (SSSR count). The van der Waals surface area contributed by atoms with E-state index in [2.05, 4.69) is 15.1 Å². The average Bonchev–Trinajstić information content (AvgIpc) is 2.85. The Morgan fingerprint density at radius 1 is 1.14 bits per heavy atom. The normalized spacial score (nSPS) is 11.4. The summed E-state index contributed by atoms with van der Waals surface area (Å²) in [5.74, 6) is 0.0534. The number of hydrogen-bond donors (Lipinski definition) is 1. The van der Waals surface area contributed by atoms with Gasteiger partial charge in [0.2, 0.25) is 5.43 Å². The van der Waals surface area contributed by atoms with E-state index in [9.17, 15) is 9.18 Å². The molecule has 0 aliphatic rings. The van der Waals surface area contributed by atoms with E-state index in [1.807, 2.05) is 6.07 Å². The number of fused-ring (bicyclic) bond motifs is 2. The zero-order valence-corrected chi connectivity index (χ0v) is 11.7. The Balaban J connectivity index is 2.20.